The lowest BCUT2D eigenvalue weighted by molar-refractivity contribution is -0.140. The van der Waals surface area contributed by atoms with Gasteiger partial charge in [-0.3, -0.25) is 14.5 Å². The summed E-state index contributed by atoms with van der Waals surface area (Å²) in [6.07, 6.45) is 1.14. The number of hydrogen-bond donors (Lipinski definition) is 0. The monoisotopic (exact) mass is 506 g/mol. The molecule has 2 aliphatic heterocycles. The van der Waals surface area contributed by atoms with E-state index in [1.807, 2.05) is 36.4 Å². The predicted molar refractivity (Wildman–Crippen MR) is 133 cm³/mol. The molecule has 0 spiro atoms. The van der Waals surface area contributed by atoms with Crippen molar-refractivity contribution in [1.29, 1.82) is 0 Å². The van der Waals surface area contributed by atoms with Gasteiger partial charge in [-0.25, -0.2) is 0 Å². The lowest BCUT2D eigenvalue weighted by Crippen LogP contribution is -2.41. The number of carbonyl (C=O) groups is 2. The first-order valence-corrected chi connectivity index (χ1v) is 12.5. The van der Waals surface area contributed by atoms with Gasteiger partial charge in [-0.15, -0.1) is 0 Å². The molecule has 2 aromatic carbocycles. The first kappa shape index (κ1) is 23.6. The summed E-state index contributed by atoms with van der Waals surface area (Å²) >= 11 is 0. The topological polar surface area (TPSA) is 95.9 Å². The minimum absolute atomic E-state index is 0.00980. The second kappa shape index (κ2) is 8.97. The first-order chi connectivity index (χ1) is 18.0. The molecule has 37 heavy (non-hydrogen) atoms. The summed E-state index contributed by atoms with van der Waals surface area (Å²) < 4.78 is 21.6. The van der Waals surface area contributed by atoms with Crippen molar-refractivity contribution in [2.45, 2.75) is 18.9 Å². The summed E-state index contributed by atoms with van der Waals surface area (Å²) in [5, 5.41) is 4.44. The SMILES string of the molecule is COc1ccc(C2=NO[C@@H]3[C@@H]4C[C@@H]([C@H]5C(=O)N(CCc6ccc(OC)c(OC)c6)C(=O)[C@@H]45)[C@H]23)c(OC)c1. The maximum absolute atomic E-state index is 13.6. The number of imide groups is 1. The van der Waals surface area contributed by atoms with Crippen LogP contribution >= 0.6 is 0 Å². The Labute approximate surface area is 215 Å². The Morgan fingerprint density at radius 2 is 1.57 bits per heavy atom. The van der Waals surface area contributed by atoms with E-state index in [-0.39, 0.29) is 47.5 Å². The zero-order valence-electron chi connectivity index (χ0n) is 21.3. The number of likely N-dealkylation sites (tertiary alicyclic amines) is 1. The quantitative estimate of drug-likeness (QED) is 0.508. The summed E-state index contributed by atoms with van der Waals surface area (Å²) in [6, 6.07) is 11.3. The summed E-state index contributed by atoms with van der Waals surface area (Å²) in [4.78, 5) is 34.5. The van der Waals surface area contributed by atoms with Crippen molar-refractivity contribution in [3.8, 4) is 23.0 Å². The average molecular weight is 507 g/mol. The largest absolute Gasteiger partial charge is 0.497 e. The van der Waals surface area contributed by atoms with Crippen LogP contribution in [-0.2, 0) is 20.8 Å². The highest BCUT2D eigenvalue weighted by Gasteiger charge is 2.70. The number of rotatable bonds is 8. The summed E-state index contributed by atoms with van der Waals surface area (Å²) in [7, 11) is 6.39. The average Bonchev–Trinajstić information content (AvgIpc) is 3.67. The normalized spacial score (nSPS) is 29.1. The molecule has 0 unspecified atom stereocenters. The molecular formula is C28H30N2O7. The molecule has 2 aromatic rings. The van der Waals surface area contributed by atoms with Crippen LogP contribution in [0.25, 0.3) is 0 Å². The van der Waals surface area contributed by atoms with Crippen LogP contribution < -0.4 is 18.9 Å². The number of ether oxygens (including phenoxy) is 4. The molecule has 2 aliphatic carbocycles. The zero-order chi connectivity index (χ0) is 25.8. The molecule has 4 aliphatic rings. The number of hydrogen-bond acceptors (Lipinski definition) is 8. The number of fused-ring (bicyclic) bond motifs is 8. The number of benzene rings is 2. The van der Waals surface area contributed by atoms with Gasteiger partial charge in [0, 0.05) is 30.0 Å². The van der Waals surface area contributed by atoms with Crippen LogP contribution in [0.1, 0.15) is 17.5 Å². The summed E-state index contributed by atoms with van der Waals surface area (Å²) in [5.74, 6) is 1.72. The summed E-state index contributed by atoms with van der Waals surface area (Å²) in [6.45, 7) is 0.336. The fourth-order valence-electron chi connectivity index (χ4n) is 6.92. The van der Waals surface area contributed by atoms with E-state index in [0.29, 0.717) is 36.0 Å². The van der Waals surface area contributed by atoms with E-state index in [9.17, 15) is 9.59 Å². The van der Waals surface area contributed by atoms with Gasteiger partial charge in [-0.05, 0) is 48.6 Å². The van der Waals surface area contributed by atoms with Crippen LogP contribution in [-0.4, -0.2) is 63.5 Å². The number of amides is 2. The van der Waals surface area contributed by atoms with E-state index in [2.05, 4.69) is 5.16 Å². The lowest BCUT2D eigenvalue weighted by Gasteiger charge is -2.30. The van der Waals surface area contributed by atoms with E-state index in [4.69, 9.17) is 23.8 Å². The molecule has 0 aromatic heterocycles. The molecule has 2 amide bonds. The van der Waals surface area contributed by atoms with Crippen molar-refractivity contribution in [1.82, 2.24) is 4.90 Å². The van der Waals surface area contributed by atoms with Gasteiger partial charge in [-0.1, -0.05) is 11.2 Å². The van der Waals surface area contributed by atoms with Crippen molar-refractivity contribution in [2.75, 3.05) is 35.0 Å². The molecule has 0 radical (unpaired) electrons. The van der Waals surface area contributed by atoms with Gasteiger partial charge >= 0.3 is 0 Å². The van der Waals surface area contributed by atoms with Crippen molar-refractivity contribution in [2.24, 2.45) is 34.7 Å². The van der Waals surface area contributed by atoms with Crippen LogP contribution in [0, 0.1) is 29.6 Å². The van der Waals surface area contributed by atoms with Crippen LogP contribution in [0.3, 0.4) is 0 Å². The Balaban J connectivity index is 1.22. The van der Waals surface area contributed by atoms with E-state index in [0.717, 1.165) is 23.3 Å². The standard InChI is InChI=1S/C28H30N2O7/c1-33-15-6-7-16(20(12-15)35-3)25-24-17-13-18(26(24)37-29-25)23-22(17)27(31)30(28(23)32)10-9-14-5-8-19(34-2)21(11-14)36-4/h5-8,11-12,17-18,22-24,26H,9-10,13H2,1-4H3/t17-,18+,22+,23-,24+,26+/m0/s1. The molecule has 9 heteroatoms. The van der Waals surface area contributed by atoms with E-state index < -0.39 is 0 Å². The van der Waals surface area contributed by atoms with Crippen molar-refractivity contribution in [3.63, 3.8) is 0 Å². The highest BCUT2D eigenvalue weighted by molar-refractivity contribution is 6.09. The third kappa shape index (κ3) is 3.47. The van der Waals surface area contributed by atoms with Crippen molar-refractivity contribution in [3.05, 3.63) is 47.5 Å². The van der Waals surface area contributed by atoms with Gasteiger partial charge in [-0.2, -0.15) is 0 Å². The van der Waals surface area contributed by atoms with Crippen molar-refractivity contribution < 1.29 is 33.4 Å². The second-order valence-electron chi connectivity index (χ2n) is 10.0. The number of carbonyl (C=O) groups excluding carboxylic acids is 2. The van der Waals surface area contributed by atoms with Gasteiger partial charge in [0.15, 0.2) is 11.5 Å². The highest BCUT2D eigenvalue weighted by atomic mass is 16.6. The van der Waals surface area contributed by atoms with E-state index in [1.54, 1.807) is 28.4 Å². The number of nitrogens with zero attached hydrogens (tertiary/aromatic N) is 2. The second-order valence-corrected chi connectivity index (χ2v) is 10.0. The van der Waals surface area contributed by atoms with Gasteiger partial charge in [0.05, 0.1) is 46.0 Å². The highest BCUT2D eigenvalue weighted by Crippen LogP contribution is 2.62. The fourth-order valence-corrected chi connectivity index (χ4v) is 6.92. The maximum atomic E-state index is 13.6. The molecule has 1 saturated heterocycles. The lowest BCUT2D eigenvalue weighted by atomic mass is 9.71. The molecule has 3 fully saturated rings. The Hall–Kier alpha value is -3.75. The van der Waals surface area contributed by atoms with Crippen LogP contribution in [0.15, 0.2) is 41.6 Å². The molecule has 0 N–H and O–H groups in total. The molecule has 9 nitrogen and oxygen atoms in total. The van der Waals surface area contributed by atoms with Crippen LogP contribution in [0.5, 0.6) is 23.0 Å². The Kier molecular flexibility index (Phi) is 5.73. The molecule has 2 heterocycles. The third-order valence-corrected chi connectivity index (χ3v) is 8.54. The third-order valence-electron chi connectivity index (χ3n) is 8.54. The smallest absolute Gasteiger partial charge is 0.233 e. The Morgan fingerprint density at radius 3 is 2.27 bits per heavy atom. The molecule has 2 saturated carbocycles. The predicted octanol–water partition coefficient (Wildman–Crippen LogP) is 2.93. The molecule has 194 valence electrons. The van der Waals surface area contributed by atoms with Gasteiger partial charge < -0.3 is 23.8 Å². The molecular weight excluding hydrogens is 476 g/mol. The van der Waals surface area contributed by atoms with Crippen LogP contribution in [0.2, 0.25) is 0 Å². The minimum Gasteiger partial charge on any atom is -0.497 e. The van der Waals surface area contributed by atoms with Crippen LogP contribution in [0.4, 0.5) is 0 Å². The summed E-state index contributed by atoms with van der Waals surface area (Å²) in [5.41, 5.74) is 2.60. The molecule has 6 rings (SSSR count). The van der Waals surface area contributed by atoms with Gasteiger partial charge in [0.1, 0.15) is 17.6 Å². The van der Waals surface area contributed by atoms with E-state index >= 15 is 0 Å². The maximum Gasteiger partial charge on any atom is 0.233 e. The van der Waals surface area contributed by atoms with Gasteiger partial charge in [0.2, 0.25) is 11.8 Å². The van der Waals surface area contributed by atoms with Crippen molar-refractivity contribution >= 4 is 17.5 Å². The number of oxime groups is 1. The minimum atomic E-state index is -0.337. The Bertz CT molecular complexity index is 1290. The van der Waals surface area contributed by atoms with Gasteiger partial charge in [0.25, 0.3) is 0 Å². The zero-order valence-corrected chi connectivity index (χ0v) is 21.3. The number of methoxy groups -OCH3 is 4. The Morgan fingerprint density at radius 1 is 0.838 bits per heavy atom. The molecule has 2 bridgehead atoms. The van der Waals surface area contributed by atoms with E-state index in [1.165, 1.54) is 4.90 Å². The molecule has 6 atom stereocenters. The fraction of sp³-hybridized carbons (Fsp3) is 0.464. The first-order valence-electron chi connectivity index (χ1n) is 12.5.